The highest BCUT2D eigenvalue weighted by Gasteiger charge is 2.55. The number of carbonyl (C=O) groups is 1. The molecule has 3 heterocycles. The molecule has 27 heavy (non-hydrogen) atoms. The number of allylic oxidation sites excluding steroid dienone is 1. The third kappa shape index (κ3) is 2.34. The fourth-order valence-electron chi connectivity index (χ4n) is 5.53. The Hall–Kier alpha value is -1.85. The summed E-state index contributed by atoms with van der Waals surface area (Å²) in [5.74, 6) is 1.87. The fourth-order valence-corrected chi connectivity index (χ4v) is 5.53. The Labute approximate surface area is 160 Å². The summed E-state index contributed by atoms with van der Waals surface area (Å²) < 4.78 is 12.1. The van der Waals surface area contributed by atoms with E-state index in [0.29, 0.717) is 18.8 Å². The van der Waals surface area contributed by atoms with Crippen LogP contribution in [0.3, 0.4) is 0 Å². The van der Waals surface area contributed by atoms with E-state index in [1.54, 1.807) is 7.11 Å². The molecule has 144 valence electrons. The normalized spacial score (nSPS) is 33.6. The molecule has 1 spiro atoms. The number of methoxy groups -OCH3 is 1. The Kier molecular flexibility index (Phi) is 4.06. The molecule has 4 atom stereocenters. The van der Waals surface area contributed by atoms with Gasteiger partial charge in [-0.1, -0.05) is 25.1 Å². The molecule has 5 rings (SSSR count). The lowest BCUT2D eigenvalue weighted by molar-refractivity contribution is -0.134. The lowest BCUT2D eigenvalue weighted by Crippen LogP contribution is -2.39. The van der Waals surface area contributed by atoms with Crippen molar-refractivity contribution >= 4 is 5.78 Å². The molecule has 1 saturated heterocycles. The van der Waals surface area contributed by atoms with Crippen LogP contribution in [0.15, 0.2) is 24.3 Å². The molecule has 1 aromatic carbocycles. The van der Waals surface area contributed by atoms with Gasteiger partial charge < -0.3 is 9.47 Å². The van der Waals surface area contributed by atoms with E-state index in [-0.39, 0.29) is 23.5 Å². The Morgan fingerprint density at radius 1 is 1.41 bits per heavy atom. The van der Waals surface area contributed by atoms with E-state index >= 15 is 0 Å². The predicted octanol–water partition coefficient (Wildman–Crippen LogP) is 3.72. The second kappa shape index (κ2) is 6.35. The zero-order valence-corrected chi connectivity index (χ0v) is 16.1. The maximum atomic E-state index is 12.8. The van der Waals surface area contributed by atoms with Gasteiger partial charge in [0, 0.05) is 18.5 Å². The van der Waals surface area contributed by atoms with Crippen molar-refractivity contribution in [2.24, 2.45) is 5.92 Å². The van der Waals surface area contributed by atoms with Crippen LogP contribution in [0.4, 0.5) is 0 Å². The highest BCUT2D eigenvalue weighted by Crippen LogP contribution is 2.58. The minimum Gasteiger partial charge on any atom is -0.493 e. The first-order chi connectivity index (χ1) is 13.2. The highest BCUT2D eigenvalue weighted by atomic mass is 16.7. The maximum absolute atomic E-state index is 12.8. The smallest absolute Gasteiger partial charge is 0.166 e. The van der Waals surface area contributed by atoms with Gasteiger partial charge in [0.2, 0.25) is 0 Å². The van der Waals surface area contributed by atoms with E-state index in [2.05, 4.69) is 30.2 Å². The average Bonchev–Trinajstić information content (AvgIpc) is 3.22. The number of rotatable bonds is 4. The summed E-state index contributed by atoms with van der Waals surface area (Å²) in [7, 11) is 1.70. The molecule has 1 aliphatic carbocycles. The molecule has 0 radical (unpaired) electrons. The van der Waals surface area contributed by atoms with E-state index in [4.69, 9.17) is 14.3 Å². The maximum Gasteiger partial charge on any atom is 0.166 e. The first-order valence-electron chi connectivity index (χ1n) is 10.2. The van der Waals surface area contributed by atoms with E-state index in [1.165, 1.54) is 11.1 Å². The van der Waals surface area contributed by atoms with Gasteiger partial charge in [0.15, 0.2) is 11.5 Å². The van der Waals surface area contributed by atoms with Crippen molar-refractivity contribution in [3.05, 3.63) is 35.4 Å². The minimum absolute atomic E-state index is 0.0271. The van der Waals surface area contributed by atoms with Crippen molar-refractivity contribution in [2.45, 2.75) is 56.6 Å². The van der Waals surface area contributed by atoms with Crippen molar-refractivity contribution < 1.29 is 19.1 Å². The number of Topliss-reactive ketones (excluding diaryl/α,β-unsaturated/α-hetero) is 1. The number of hydrogen-bond donors (Lipinski definition) is 0. The van der Waals surface area contributed by atoms with Crippen LogP contribution in [0.1, 0.15) is 56.2 Å². The van der Waals surface area contributed by atoms with Crippen LogP contribution >= 0.6 is 0 Å². The largest absolute Gasteiger partial charge is 0.493 e. The first-order valence-corrected chi connectivity index (χ1v) is 10.2. The van der Waals surface area contributed by atoms with Crippen LogP contribution in [-0.2, 0) is 15.0 Å². The number of ether oxygens (including phenoxy) is 2. The van der Waals surface area contributed by atoms with Crippen molar-refractivity contribution in [3.63, 3.8) is 0 Å². The predicted molar refractivity (Wildman–Crippen MR) is 101 cm³/mol. The monoisotopic (exact) mass is 369 g/mol. The second-order valence-electron chi connectivity index (χ2n) is 8.14. The number of hydroxylamine groups is 2. The van der Waals surface area contributed by atoms with Crippen molar-refractivity contribution in [1.29, 1.82) is 0 Å². The SMILES string of the molecule is CCCC(=O)C1CON2CC[C@@]34C=CCC[C@@H]3Oc3c(OC)ccc(c34)C12. The Balaban J connectivity index is 1.69. The zero-order chi connectivity index (χ0) is 18.6. The van der Waals surface area contributed by atoms with Crippen LogP contribution in [0.2, 0.25) is 0 Å². The molecule has 0 amide bonds. The second-order valence-corrected chi connectivity index (χ2v) is 8.14. The molecule has 4 aliphatic rings. The number of hydrogen-bond acceptors (Lipinski definition) is 5. The summed E-state index contributed by atoms with van der Waals surface area (Å²) in [5.41, 5.74) is 2.28. The summed E-state index contributed by atoms with van der Waals surface area (Å²) in [5, 5.41) is 2.06. The van der Waals surface area contributed by atoms with Gasteiger partial charge in [-0.3, -0.25) is 9.63 Å². The molecule has 2 unspecified atom stereocenters. The molecule has 3 aliphatic heterocycles. The first kappa shape index (κ1) is 17.3. The molecular formula is C22H27NO4. The number of fused-ring (bicyclic) bond motifs is 2. The number of ketones is 1. The van der Waals surface area contributed by atoms with Crippen molar-refractivity contribution in [3.8, 4) is 11.5 Å². The van der Waals surface area contributed by atoms with Gasteiger partial charge in [-0.2, -0.15) is 5.06 Å². The summed E-state index contributed by atoms with van der Waals surface area (Å²) in [6.07, 6.45) is 9.25. The molecule has 1 aromatic rings. The minimum atomic E-state index is -0.135. The highest BCUT2D eigenvalue weighted by molar-refractivity contribution is 5.82. The Bertz CT molecular complexity index is 804. The summed E-state index contributed by atoms with van der Waals surface area (Å²) in [6, 6.07) is 4.10. The standard InChI is InChI=1S/C22H27NO4/c1-3-6-16(24)15-13-26-23-12-11-22-10-5-4-7-18(22)27-21-17(25-2)9-8-14(19(21)22)20(15)23/h5,8-10,15,18,20H,3-4,6-7,11-13H2,1-2H3/t15?,18-,20?,22-/m0/s1. The van der Waals surface area contributed by atoms with Crippen LogP contribution in [0.25, 0.3) is 0 Å². The third-order valence-corrected chi connectivity index (χ3v) is 6.77. The Morgan fingerprint density at radius 3 is 3.11 bits per heavy atom. The van der Waals surface area contributed by atoms with Gasteiger partial charge in [0.05, 0.1) is 31.1 Å². The molecule has 5 heteroatoms. The van der Waals surface area contributed by atoms with E-state index < -0.39 is 0 Å². The molecule has 0 aromatic heterocycles. The van der Waals surface area contributed by atoms with Crippen LogP contribution in [0.5, 0.6) is 11.5 Å². The lowest BCUT2D eigenvalue weighted by atomic mass is 9.68. The fraction of sp³-hybridized carbons (Fsp3) is 0.591. The van der Waals surface area contributed by atoms with E-state index in [1.807, 2.05) is 6.07 Å². The number of nitrogens with zero attached hydrogens (tertiary/aromatic N) is 1. The van der Waals surface area contributed by atoms with Gasteiger partial charge in [0.1, 0.15) is 11.9 Å². The van der Waals surface area contributed by atoms with E-state index in [0.717, 1.165) is 43.7 Å². The molecule has 1 fully saturated rings. The zero-order valence-electron chi connectivity index (χ0n) is 16.1. The van der Waals surface area contributed by atoms with Gasteiger partial charge in [-0.15, -0.1) is 0 Å². The van der Waals surface area contributed by atoms with Gasteiger partial charge in [-0.25, -0.2) is 0 Å². The van der Waals surface area contributed by atoms with Gasteiger partial charge >= 0.3 is 0 Å². The molecule has 5 nitrogen and oxygen atoms in total. The summed E-state index contributed by atoms with van der Waals surface area (Å²) in [6.45, 7) is 3.35. The quantitative estimate of drug-likeness (QED) is 0.757. The number of benzene rings is 1. The number of carbonyl (C=O) groups excluding carboxylic acids is 1. The van der Waals surface area contributed by atoms with Crippen LogP contribution < -0.4 is 9.47 Å². The van der Waals surface area contributed by atoms with Crippen molar-refractivity contribution in [1.82, 2.24) is 5.06 Å². The van der Waals surface area contributed by atoms with Gasteiger partial charge in [0.25, 0.3) is 0 Å². The van der Waals surface area contributed by atoms with Gasteiger partial charge in [-0.05, 0) is 37.3 Å². The van der Waals surface area contributed by atoms with Crippen LogP contribution in [-0.4, -0.2) is 37.2 Å². The average molecular weight is 369 g/mol. The third-order valence-electron chi connectivity index (χ3n) is 6.77. The Morgan fingerprint density at radius 2 is 2.30 bits per heavy atom. The van der Waals surface area contributed by atoms with Crippen LogP contribution in [0, 0.1) is 5.92 Å². The van der Waals surface area contributed by atoms with E-state index in [9.17, 15) is 4.79 Å². The summed E-state index contributed by atoms with van der Waals surface area (Å²) >= 11 is 0. The molecule has 0 saturated carbocycles. The topological polar surface area (TPSA) is 48.0 Å². The lowest BCUT2D eigenvalue weighted by Gasteiger charge is -2.34. The van der Waals surface area contributed by atoms with Crippen molar-refractivity contribution in [2.75, 3.05) is 20.3 Å². The molecule has 0 N–H and O–H groups in total. The summed E-state index contributed by atoms with van der Waals surface area (Å²) in [4.78, 5) is 18.9. The molecular weight excluding hydrogens is 342 g/mol. The molecule has 0 bridgehead atoms.